The lowest BCUT2D eigenvalue weighted by Gasteiger charge is -2.59. The number of esters is 1. The van der Waals surface area contributed by atoms with Crippen LogP contribution in [0.1, 0.15) is 57.7 Å². The van der Waals surface area contributed by atoms with Crippen molar-refractivity contribution in [1.29, 1.82) is 0 Å². The molecule has 202 valence electrons. The third-order valence-electron chi connectivity index (χ3n) is 8.52. The molecule has 1 saturated carbocycles. The summed E-state index contributed by atoms with van der Waals surface area (Å²) < 4.78 is 4.65. The van der Waals surface area contributed by atoms with E-state index in [0.717, 1.165) is 6.92 Å². The lowest BCUT2D eigenvalue weighted by atomic mass is 9.43. The molecule has 0 bridgehead atoms. The Hall–Kier alpha value is -3.72. The molecule has 3 aliphatic carbocycles. The number of ketones is 3. The molecule has 0 amide bonds. The van der Waals surface area contributed by atoms with Crippen molar-refractivity contribution in [3.05, 3.63) is 51.8 Å². The fourth-order valence-electron chi connectivity index (χ4n) is 7.12. The van der Waals surface area contributed by atoms with Gasteiger partial charge < -0.3 is 25.2 Å². The van der Waals surface area contributed by atoms with Crippen LogP contribution in [0.25, 0.3) is 11.8 Å². The molecule has 9 heteroatoms. The van der Waals surface area contributed by atoms with Gasteiger partial charge in [-0.15, -0.1) is 0 Å². The summed E-state index contributed by atoms with van der Waals surface area (Å²) >= 11 is 0. The lowest BCUT2D eigenvalue weighted by Crippen LogP contribution is -2.69. The summed E-state index contributed by atoms with van der Waals surface area (Å²) in [7, 11) is 1.23. The third-order valence-corrected chi connectivity index (χ3v) is 8.52. The number of Topliss-reactive ketones (excluding diaryl/α,β-unsaturated/α-hetero) is 3. The molecule has 0 radical (unpaired) electrons. The van der Waals surface area contributed by atoms with Crippen molar-refractivity contribution in [2.45, 2.75) is 53.1 Å². The second kappa shape index (κ2) is 8.66. The highest BCUT2D eigenvalue weighted by atomic mass is 16.5. The topological polar surface area (TPSA) is 158 Å². The smallest absolute Gasteiger partial charge is 0.330 e. The third kappa shape index (κ3) is 3.41. The fourth-order valence-corrected chi connectivity index (χ4v) is 7.12. The molecule has 4 atom stereocenters. The number of ether oxygens (including phenoxy) is 1. The molecule has 0 saturated heterocycles. The normalized spacial score (nSPS) is 30.9. The van der Waals surface area contributed by atoms with E-state index in [-0.39, 0.29) is 29.7 Å². The van der Waals surface area contributed by atoms with Crippen LogP contribution in [-0.4, -0.2) is 56.5 Å². The average molecular weight is 525 g/mol. The number of benzene rings is 1. The minimum Gasteiger partial charge on any atom is -0.508 e. The highest BCUT2D eigenvalue weighted by Crippen LogP contribution is 2.65. The van der Waals surface area contributed by atoms with E-state index in [1.165, 1.54) is 25.3 Å². The molecule has 0 heterocycles. The van der Waals surface area contributed by atoms with E-state index >= 15 is 0 Å². The number of phenols is 1. The van der Waals surface area contributed by atoms with Crippen molar-refractivity contribution in [3.8, 4) is 5.75 Å². The number of allylic oxidation sites excluding steroid dienone is 1. The van der Waals surface area contributed by atoms with Crippen molar-refractivity contribution in [2.75, 3.05) is 7.11 Å². The predicted octanol–water partition coefficient (Wildman–Crippen LogP) is 3.38. The van der Waals surface area contributed by atoms with Crippen LogP contribution in [0.15, 0.2) is 35.1 Å². The highest BCUT2D eigenvalue weighted by molar-refractivity contribution is 6.24. The molecule has 3 aliphatic rings. The van der Waals surface area contributed by atoms with Gasteiger partial charge in [-0.25, -0.2) is 4.79 Å². The molecule has 0 aromatic heterocycles. The van der Waals surface area contributed by atoms with Gasteiger partial charge in [0.15, 0.2) is 17.2 Å². The van der Waals surface area contributed by atoms with Crippen molar-refractivity contribution >= 4 is 35.2 Å². The zero-order chi connectivity index (χ0) is 28.5. The van der Waals surface area contributed by atoms with Crippen LogP contribution < -0.4 is 0 Å². The summed E-state index contributed by atoms with van der Waals surface area (Å²) in [5.41, 5.74) is -5.23. The van der Waals surface area contributed by atoms with E-state index in [1.54, 1.807) is 33.8 Å². The summed E-state index contributed by atoms with van der Waals surface area (Å²) in [4.78, 5) is 51.9. The zero-order valence-corrected chi connectivity index (χ0v) is 22.2. The maximum atomic E-state index is 14.2. The maximum Gasteiger partial charge on any atom is 0.330 e. The van der Waals surface area contributed by atoms with Crippen molar-refractivity contribution in [1.82, 2.24) is 0 Å². The van der Waals surface area contributed by atoms with Crippen molar-refractivity contribution in [3.63, 3.8) is 0 Å². The predicted molar refractivity (Wildman–Crippen MR) is 137 cm³/mol. The second-order valence-electron chi connectivity index (χ2n) is 11.3. The highest BCUT2D eigenvalue weighted by Gasteiger charge is 2.72. The van der Waals surface area contributed by atoms with E-state index in [1.807, 2.05) is 0 Å². The number of fused-ring (bicyclic) bond motifs is 3. The SMILES string of the molecule is COC(=O)/C=C/c1ccc(O)c2c1C[C@]1(C)C[C@]3(C)C(C(C)C)C(=O)C(C(C)=O)=C(O)[C@]3(O)C(=O)C1=C2O. The summed E-state index contributed by atoms with van der Waals surface area (Å²) in [6, 6.07) is 2.87. The largest absolute Gasteiger partial charge is 0.508 e. The Bertz CT molecular complexity index is 1390. The molecular weight excluding hydrogens is 492 g/mol. The molecule has 0 aliphatic heterocycles. The van der Waals surface area contributed by atoms with Crippen LogP contribution in [0.2, 0.25) is 0 Å². The fraction of sp³-hybridized carbons (Fsp3) is 0.448. The standard InChI is InChI=1S/C29H32O9/c1-13(2)21-23(33)19(14(3)30)25(35)29(37)26(36)22-24(34)20-16(11-27(22,4)12-28(21,29)5)15(7-9-17(20)31)8-10-18(32)38-6/h7-10,13,21,31,34-35,37H,11-12H2,1-6H3/b10-8+/t21?,27-,28-,29+/m1/s1. The summed E-state index contributed by atoms with van der Waals surface area (Å²) in [6.45, 7) is 7.84. The van der Waals surface area contributed by atoms with Crippen molar-refractivity contribution in [2.24, 2.45) is 22.7 Å². The van der Waals surface area contributed by atoms with Gasteiger partial charge in [0.25, 0.3) is 0 Å². The monoisotopic (exact) mass is 524 g/mol. The minimum atomic E-state index is -2.66. The van der Waals surface area contributed by atoms with Gasteiger partial charge in [0.1, 0.15) is 22.8 Å². The van der Waals surface area contributed by atoms with Gasteiger partial charge in [0.2, 0.25) is 5.78 Å². The average Bonchev–Trinajstić information content (AvgIpc) is 2.80. The molecule has 0 spiro atoms. The molecule has 1 fully saturated rings. The number of hydrogen-bond donors (Lipinski definition) is 4. The molecule has 4 N–H and O–H groups in total. The van der Waals surface area contributed by atoms with E-state index in [9.17, 15) is 39.6 Å². The molecule has 9 nitrogen and oxygen atoms in total. The van der Waals surface area contributed by atoms with Crippen LogP contribution >= 0.6 is 0 Å². The molecule has 1 aromatic carbocycles. The molecular formula is C29H32O9. The van der Waals surface area contributed by atoms with Gasteiger partial charge in [-0.05, 0) is 49.0 Å². The maximum absolute atomic E-state index is 14.2. The number of aromatic hydroxyl groups is 1. The molecule has 1 unspecified atom stereocenters. The minimum absolute atomic E-state index is 0.0132. The second-order valence-corrected chi connectivity index (χ2v) is 11.3. The first-order valence-corrected chi connectivity index (χ1v) is 12.4. The molecule has 1 aromatic rings. The summed E-state index contributed by atoms with van der Waals surface area (Å²) in [5, 5.41) is 45.3. The molecule has 4 rings (SSSR count). The number of carbonyl (C=O) groups excluding carboxylic acids is 4. The Balaban J connectivity index is 2.04. The number of carbonyl (C=O) groups is 4. The molecule has 38 heavy (non-hydrogen) atoms. The van der Waals surface area contributed by atoms with Gasteiger partial charge in [0, 0.05) is 28.4 Å². The number of rotatable bonds is 4. The van der Waals surface area contributed by atoms with Crippen LogP contribution in [-0.2, 0) is 30.3 Å². The quantitative estimate of drug-likeness (QED) is 0.263. The van der Waals surface area contributed by atoms with E-state index in [0.29, 0.717) is 11.1 Å². The van der Waals surface area contributed by atoms with Gasteiger partial charge in [-0.1, -0.05) is 33.8 Å². The van der Waals surface area contributed by atoms with E-state index in [2.05, 4.69) is 4.74 Å². The number of methoxy groups -OCH3 is 1. The Labute approximate surface area is 220 Å². The number of aliphatic hydroxyl groups excluding tert-OH is 2. The van der Waals surface area contributed by atoms with Gasteiger partial charge in [-0.2, -0.15) is 0 Å². The summed E-state index contributed by atoms with van der Waals surface area (Å²) in [6.07, 6.45) is 2.76. The van der Waals surface area contributed by atoms with Crippen LogP contribution in [0, 0.1) is 22.7 Å². The van der Waals surface area contributed by atoms with Gasteiger partial charge in [0.05, 0.1) is 12.7 Å². The summed E-state index contributed by atoms with van der Waals surface area (Å²) in [5.74, 6) is -6.35. The van der Waals surface area contributed by atoms with Gasteiger partial charge in [-0.3, -0.25) is 14.4 Å². The zero-order valence-electron chi connectivity index (χ0n) is 22.2. The van der Waals surface area contributed by atoms with Gasteiger partial charge >= 0.3 is 5.97 Å². The number of hydrogen-bond acceptors (Lipinski definition) is 9. The Kier molecular flexibility index (Phi) is 6.23. The van der Waals surface area contributed by atoms with Crippen LogP contribution in [0.3, 0.4) is 0 Å². The van der Waals surface area contributed by atoms with Crippen LogP contribution in [0.5, 0.6) is 5.75 Å². The lowest BCUT2D eigenvalue weighted by molar-refractivity contribution is -0.178. The van der Waals surface area contributed by atoms with Crippen LogP contribution in [0.4, 0.5) is 0 Å². The first-order chi connectivity index (χ1) is 17.6. The number of aliphatic hydroxyl groups is 3. The first-order valence-electron chi connectivity index (χ1n) is 12.4. The number of phenolic OH excluding ortho intramolecular Hbond substituents is 1. The first kappa shape index (κ1) is 27.3. The Morgan fingerprint density at radius 1 is 1.13 bits per heavy atom. The Morgan fingerprint density at radius 2 is 1.76 bits per heavy atom. The van der Waals surface area contributed by atoms with E-state index in [4.69, 9.17) is 0 Å². The Morgan fingerprint density at radius 3 is 2.32 bits per heavy atom. The van der Waals surface area contributed by atoms with E-state index < -0.39 is 68.7 Å². The van der Waals surface area contributed by atoms with Crippen molar-refractivity contribution < 1.29 is 44.3 Å².